The zero-order valence-corrected chi connectivity index (χ0v) is 6.96. The molecule has 0 aliphatic carbocycles. The molecule has 0 amide bonds. The van der Waals surface area contributed by atoms with Crippen LogP contribution in [0.3, 0.4) is 0 Å². The van der Waals surface area contributed by atoms with E-state index in [1.807, 2.05) is 6.92 Å². The highest BCUT2D eigenvalue weighted by Gasteiger charge is 2.35. The Morgan fingerprint density at radius 2 is 2.45 bits per heavy atom. The van der Waals surface area contributed by atoms with Crippen molar-refractivity contribution in [2.45, 2.75) is 31.5 Å². The first-order valence-electron chi connectivity index (χ1n) is 3.80. The summed E-state index contributed by atoms with van der Waals surface area (Å²) in [6, 6.07) is 2.20. The van der Waals surface area contributed by atoms with Crippen molar-refractivity contribution in [2.75, 3.05) is 13.7 Å². The summed E-state index contributed by atoms with van der Waals surface area (Å²) in [4.78, 5) is 0. The summed E-state index contributed by atoms with van der Waals surface area (Å²) in [6.45, 7) is 2.59. The molecule has 2 atom stereocenters. The van der Waals surface area contributed by atoms with Crippen molar-refractivity contribution in [3.8, 4) is 6.07 Å². The molecule has 0 aromatic carbocycles. The van der Waals surface area contributed by atoms with Crippen LogP contribution < -0.4 is 0 Å². The van der Waals surface area contributed by atoms with Crippen molar-refractivity contribution in [3.05, 3.63) is 0 Å². The van der Waals surface area contributed by atoms with Gasteiger partial charge < -0.3 is 9.47 Å². The van der Waals surface area contributed by atoms with Crippen molar-refractivity contribution in [1.82, 2.24) is 0 Å². The minimum absolute atomic E-state index is 0.142. The molecule has 0 aromatic rings. The number of hydrogen-bond donors (Lipinski definition) is 0. The van der Waals surface area contributed by atoms with Gasteiger partial charge in [-0.3, -0.25) is 0 Å². The Kier molecular flexibility index (Phi) is 2.48. The van der Waals surface area contributed by atoms with Gasteiger partial charge in [-0.1, -0.05) is 0 Å². The second-order valence-electron chi connectivity index (χ2n) is 2.95. The molecule has 62 valence electrons. The van der Waals surface area contributed by atoms with E-state index >= 15 is 0 Å². The molecule has 3 heteroatoms. The average molecular weight is 155 g/mol. The van der Waals surface area contributed by atoms with E-state index in [1.54, 1.807) is 7.11 Å². The Hall–Kier alpha value is -0.590. The Bertz CT molecular complexity index is 175. The number of nitriles is 1. The number of nitrogens with zero attached hydrogens (tertiary/aromatic N) is 1. The second kappa shape index (κ2) is 3.21. The van der Waals surface area contributed by atoms with Gasteiger partial charge in [-0.05, 0) is 6.92 Å². The van der Waals surface area contributed by atoms with Gasteiger partial charge in [0, 0.05) is 20.0 Å². The van der Waals surface area contributed by atoms with E-state index < -0.39 is 5.60 Å². The topological polar surface area (TPSA) is 42.2 Å². The molecule has 1 rings (SSSR count). The van der Waals surface area contributed by atoms with E-state index in [0.717, 1.165) is 0 Å². The molecule has 0 saturated carbocycles. The molecule has 0 N–H and O–H groups in total. The maximum atomic E-state index is 8.83. The smallest absolute Gasteiger partial charge is 0.158 e. The SMILES string of the molecule is COC1(C#N)CCOC(C)C1. The van der Waals surface area contributed by atoms with Crippen LogP contribution in [0.15, 0.2) is 0 Å². The quantitative estimate of drug-likeness (QED) is 0.569. The van der Waals surface area contributed by atoms with E-state index in [0.29, 0.717) is 19.4 Å². The number of methoxy groups -OCH3 is 1. The summed E-state index contributed by atoms with van der Waals surface area (Å²) >= 11 is 0. The van der Waals surface area contributed by atoms with Crippen molar-refractivity contribution in [1.29, 1.82) is 5.26 Å². The first kappa shape index (κ1) is 8.51. The zero-order chi connectivity index (χ0) is 8.32. The van der Waals surface area contributed by atoms with Gasteiger partial charge >= 0.3 is 0 Å². The minimum Gasteiger partial charge on any atom is -0.378 e. The van der Waals surface area contributed by atoms with Crippen LogP contribution in [-0.4, -0.2) is 25.4 Å². The highest BCUT2D eigenvalue weighted by molar-refractivity contribution is 5.04. The van der Waals surface area contributed by atoms with Crippen LogP contribution in [0.2, 0.25) is 0 Å². The lowest BCUT2D eigenvalue weighted by atomic mass is 9.92. The average Bonchev–Trinajstić information content (AvgIpc) is 2.04. The second-order valence-corrected chi connectivity index (χ2v) is 2.95. The fraction of sp³-hybridized carbons (Fsp3) is 0.875. The van der Waals surface area contributed by atoms with Gasteiger partial charge in [-0.2, -0.15) is 5.26 Å². The monoisotopic (exact) mass is 155 g/mol. The summed E-state index contributed by atoms with van der Waals surface area (Å²) in [5, 5.41) is 8.83. The Labute approximate surface area is 66.9 Å². The van der Waals surface area contributed by atoms with E-state index in [9.17, 15) is 0 Å². The lowest BCUT2D eigenvalue weighted by Gasteiger charge is -2.32. The Balaban J connectivity index is 2.62. The van der Waals surface area contributed by atoms with Crippen LogP contribution in [0.4, 0.5) is 0 Å². The van der Waals surface area contributed by atoms with Crippen molar-refractivity contribution in [2.24, 2.45) is 0 Å². The van der Waals surface area contributed by atoms with Crippen LogP contribution in [0, 0.1) is 11.3 Å². The van der Waals surface area contributed by atoms with Crippen LogP contribution in [0.1, 0.15) is 19.8 Å². The lowest BCUT2D eigenvalue weighted by molar-refractivity contribution is -0.0866. The molecule has 1 aliphatic rings. The summed E-state index contributed by atoms with van der Waals surface area (Å²) in [5.41, 5.74) is -0.586. The normalized spacial score (nSPS) is 38.1. The van der Waals surface area contributed by atoms with Gasteiger partial charge in [0.25, 0.3) is 0 Å². The molecule has 0 aromatic heterocycles. The van der Waals surface area contributed by atoms with Crippen LogP contribution >= 0.6 is 0 Å². The fourth-order valence-corrected chi connectivity index (χ4v) is 1.38. The molecular weight excluding hydrogens is 142 g/mol. The summed E-state index contributed by atoms with van der Waals surface area (Å²) in [7, 11) is 1.58. The third kappa shape index (κ3) is 1.70. The number of ether oxygens (including phenoxy) is 2. The zero-order valence-electron chi connectivity index (χ0n) is 6.96. The third-order valence-corrected chi connectivity index (χ3v) is 2.12. The Morgan fingerprint density at radius 1 is 1.73 bits per heavy atom. The third-order valence-electron chi connectivity index (χ3n) is 2.12. The maximum absolute atomic E-state index is 8.83. The summed E-state index contributed by atoms with van der Waals surface area (Å²) < 4.78 is 10.5. The predicted octanol–water partition coefficient (Wildman–Crippen LogP) is 1.09. The highest BCUT2D eigenvalue weighted by Crippen LogP contribution is 2.26. The summed E-state index contributed by atoms with van der Waals surface area (Å²) in [6.07, 6.45) is 1.51. The molecule has 1 heterocycles. The standard InChI is InChI=1S/C8H13NO2/c1-7-5-8(6-9,10-2)3-4-11-7/h7H,3-5H2,1-2H3. The first-order valence-corrected chi connectivity index (χ1v) is 3.80. The molecule has 11 heavy (non-hydrogen) atoms. The lowest BCUT2D eigenvalue weighted by Crippen LogP contribution is -2.40. The van der Waals surface area contributed by atoms with Crippen molar-refractivity contribution in [3.63, 3.8) is 0 Å². The molecular formula is C8H13NO2. The van der Waals surface area contributed by atoms with Crippen molar-refractivity contribution < 1.29 is 9.47 Å². The van der Waals surface area contributed by atoms with Gasteiger partial charge in [0.15, 0.2) is 5.60 Å². The predicted molar refractivity (Wildman–Crippen MR) is 40.0 cm³/mol. The van der Waals surface area contributed by atoms with E-state index in [-0.39, 0.29) is 6.10 Å². The minimum atomic E-state index is -0.586. The molecule has 0 spiro atoms. The number of rotatable bonds is 1. The molecule has 2 unspecified atom stereocenters. The van der Waals surface area contributed by atoms with Crippen LogP contribution in [0.5, 0.6) is 0 Å². The van der Waals surface area contributed by atoms with Gasteiger partial charge in [0.1, 0.15) is 0 Å². The number of hydrogen-bond acceptors (Lipinski definition) is 3. The fourth-order valence-electron chi connectivity index (χ4n) is 1.38. The van der Waals surface area contributed by atoms with Crippen LogP contribution in [-0.2, 0) is 9.47 Å². The van der Waals surface area contributed by atoms with Gasteiger partial charge in [0.05, 0.1) is 18.8 Å². The Morgan fingerprint density at radius 3 is 2.82 bits per heavy atom. The molecule has 1 aliphatic heterocycles. The van der Waals surface area contributed by atoms with Gasteiger partial charge in [0.2, 0.25) is 0 Å². The molecule has 0 bridgehead atoms. The van der Waals surface area contributed by atoms with Crippen molar-refractivity contribution >= 4 is 0 Å². The highest BCUT2D eigenvalue weighted by atomic mass is 16.5. The van der Waals surface area contributed by atoms with E-state index in [1.165, 1.54) is 0 Å². The first-order chi connectivity index (χ1) is 5.22. The molecule has 0 radical (unpaired) electrons. The molecule has 3 nitrogen and oxygen atoms in total. The van der Waals surface area contributed by atoms with E-state index in [4.69, 9.17) is 14.7 Å². The summed E-state index contributed by atoms with van der Waals surface area (Å²) in [5.74, 6) is 0. The van der Waals surface area contributed by atoms with E-state index in [2.05, 4.69) is 6.07 Å². The van der Waals surface area contributed by atoms with Gasteiger partial charge in [-0.25, -0.2) is 0 Å². The molecule has 1 fully saturated rings. The maximum Gasteiger partial charge on any atom is 0.158 e. The van der Waals surface area contributed by atoms with Gasteiger partial charge in [-0.15, -0.1) is 0 Å². The molecule has 1 saturated heterocycles. The van der Waals surface area contributed by atoms with Crippen LogP contribution in [0.25, 0.3) is 0 Å². The largest absolute Gasteiger partial charge is 0.378 e.